The number of benzene rings is 3. The maximum Gasteiger partial charge on any atom is 0.416 e. The largest absolute Gasteiger partial charge is 0.506 e. The van der Waals surface area contributed by atoms with Gasteiger partial charge in [-0.15, -0.1) is 0 Å². The molecule has 0 unspecified atom stereocenters. The number of phenolic OH excluding ortho intramolecular Hbond substituents is 1. The maximum atomic E-state index is 13.0. The highest BCUT2D eigenvalue weighted by Gasteiger charge is 2.30. The molecule has 0 spiro atoms. The number of nitrogens with one attached hydrogen (secondary N) is 2. The molecule has 40 heavy (non-hydrogen) atoms. The third kappa shape index (κ3) is 7.50. The van der Waals surface area contributed by atoms with E-state index < -0.39 is 27.7 Å². The summed E-state index contributed by atoms with van der Waals surface area (Å²) < 4.78 is 72.0. The number of sulfonamides is 1. The lowest BCUT2D eigenvalue weighted by atomic mass is 10.0. The molecule has 4 aromatic rings. The Morgan fingerprint density at radius 1 is 1.07 bits per heavy atom. The summed E-state index contributed by atoms with van der Waals surface area (Å²) in [5, 5.41) is 16.6. The average molecular weight is 576 g/mol. The number of aromatic hydroxyl groups is 1. The summed E-state index contributed by atoms with van der Waals surface area (Å²) in [6.45, 7) is 0.734. The van der Waals surface area contributed by atoms with Crippen molar-refractivity contribution in [1.82, 2.24) is 14.8 Å². The van der Waals surface area contributed by atoms with E-state index >= 15 is 0 Å². The third-order valence-corrected chi connectivity index (χ3v) is 6.16. The molecular weight excluding hydrogens is 551 g/mol. The molecule has 0 radical (unpaired) electrons. The summed E-state index contributed by atoms with van der Waals surface area (Å²) in [6.07, 6.45) is -0.0654. The Hall–Kier alpha value is -4.59. The molecule has 1 amide bonds. The van der Waals surface area contributed by atoms with Gasteiger partial charge in [-0.2, -0.15) is 18.3 Å². The monoisotopic (exact) mass is 575 g/mol. The highest BCUT2D eigenvalue weighted by atomic mass is 32.2. The second kappa shape index (κ2) is 11.7. The fourth-order valence-corrected chi connectivity index (χ4v) is 4.28. The molecule has 10 nitrogen and oxygen atoms in total. The molecule has 0 saturated carbocycles. The minimum absolute atomic E-state index is 0.116. The van der Waals surface area contributed by atoms with Crippen LogP contribution in [0.2, 0.25) is 0 Å². The van der Waals surface area contributed by atoms with Gasteiger partial charge in [0.2, 0.25) is 10.0 Å². The molecule has 0 saturated heterocycles. The summed E-state index contributed by atoms with van der Waals surface area (Å²) in [7, 11) is -3.68. The lowest BCUT2D eigenvalue weighted by Gasteiger charge is -2.15. The van der Waals surface area contributed by atoms with Crippen LogP contribution in [-0.4, -0.2) is 47.1 Å². The van der Waals surface area contributed by atoms with Gasteiger partial charge in [-0.3, -0.25) is 14.2 Å². The van der Waals surface area contributed by atoms with Crippen molar-refractivity contribution in [3.63, 3.8) is 0 Å². The first-order chi connectivity index (χ1) is 18.9. The van der Waals surface area contributed by atoms with Crippen molar-refractivity contribution < 1.29 is 36.2 Å². The number of ether oxygens (including phenoxy) is 1. The van der Waals surface area contributed by atoms with Crippen molar-refractivity contribution in [2.75, 3.05) is 22.9 Å². The molecule has 1 heterocycles. The molecule has 0 aliphatic heterocycles. The van der Waals surface area contributed by atoms with Crippen LogP contribution in [0.4, 0.5) is 24.5 Å². The average Bonchev–Trinajstić information content (AvgIpc) is 3.41. The van der Waals surface area contributed by atoms with E-state index in [1.54, 1.807) is 17.1 Å². The predicted molar refractivity (Wildman–Crippen MR) is 142 cm³/mol. The van der Waals surface area contributed by atoms with Crippen LogP contribution >= 0.6 is 0 Å². The normalized spacial score (nSPS) is 11.7. The number of hydrogen-bond acceptors (Lipinski definition) is 7. The van der Waals surface area contributed by atoms with Gasteiger partial charge in [-0.25, -0.2) is 13.4 Å². The summed E-state index contributed by atoms with van der Waals surface area (Å²) in [6, 6.07) is 13.0. The van der Waals surface area contributed by atoms with E-state index in [9.17, 15) is 31.5 Å². The Balaban J connectivity index is 1.58. The van der Waals surface area contributed by atoms with Crippen molar-refractivity contribution in [2.45, 2.75) is 19.1 Å². The van der Waals surface area contributed by atoms with Crippen LogP contribution in [0.3, 0.4) is 0 Å². The van der Waals surface area contributed by atoms with Crippen molar-refractivity contribution >= 4 is 27.3 Å². The zero-order chi connectivity index (χ0) is 28.9. The van der Waals surface area contributed by atoms with Crippen LogP contribution in [0.5, 0.6) is 11.5 Å². The number of halogens is 3. The SMILES string of the molecule is CS(=O)(=O)Nc1cc(NC(=O)c2ccc(-c3ccc(C(F)(F)F)cc3)c(OCCCn3cncn3)c2)ccc1O. The second-order valence-electron chi connectivity index (χ2n) is 8.71. The second-order valence-corrected chi connectivity index (χ2v) is 10.5. The first kappa shape index (κ1) is 28.4. The zero-order valence-electron chi connectivity index (χ0n) is 21.0. The first-order valence-electron chi connectivity index (χ1n) is 11.8. The number of hydrogen-bond donors (Lipinski definition) is 3. The van der Waals surface area contributed by atoms with Gasteiger partial charge in [-0.05, 0) is 54.1 Å². The molecule has 1 aromatic heterocycles. The predicted octanol–water partition coefficient (Wildman–Crippen LogP) is 4.76. The van der Waals surface area contributed by atoms with Gasteiger partial charge in [-0.1, -0.05) is 12.1 Å². The Kier molecular flexibility index (Phi) is 8.28. The highest BCUT2D eigenvalue weighted by molar-refractivity contribution is 7.92. The van der Waals surface area contributed by atoms with Crippen molar-refractivity contribution in [1.29, 1.82) is 0 Å². The van der Waals surface area contributed by atoms with E-state index in [1.807, 2.05) is 0 Å². The van der Waals surface area contributed by atoms with Gasteiger partial charge in [0.15, 0.2) is 0 Å². The molecule has 0 aliphatic rings. The Bertz CT molecular complexity index is 1590. The quantitative estimate of drug-likeness (QED) is 0.141. The number of alkyl halides is 3. The van der Waals surface area contributed by atoms with Gasteiger partial charge >= 0.3 is 6.18 Å². The van der Waals surface area contributed by atoms with Crippen molar-refractivity contribution in [3.05, 3.63) is 84.4 Å². The van der Waals surface area contributed by atoms with E-state index in [4.69, 9.17) is 4.74 Å². The van der Waals surface area contributed by atoms with Gasteiger partial charge < -0.3 is 15.2 Å². The molecule has 0 bridgehead atoms. The van der Waals surface area contributed by atoms with Crippen LogP contribution < -0.4 is 14.8 Å². The number of phenols is 1. The van der Waals surface area contributed by atoms with Gasteiger partial charge in [0, 0.05) is 29.8 Å². The fraction of sp³-hybridized carbons (Fsp3) is 0.192. The van der Waals surface area contributed by atoms with Gasteiger partial charge in [0.25, 0.3) is 5.91 Å². The molecule has 3 N–H and O–H groups in total. The van der Waals surface area contributed by atoms with Crippen molar-refractivity contribution in [2.24, 2.45) is 0 Å². The van der Waals surface area contributed by atoms with Crippen LogP contribution in [0.25, 0.3) is 11.1 Å². The van der Waals surface area contributed by atoms with Crippen LogP contribution in [-0.2, 0) is 22.7 Å². The molecule has 210 valence electrons. The molecular formula is C26H24F3N5O5S. The lowest BCUT2D eigenvalue weighted by Crippen LogP contribution is -2.14. The minimum Gasteiger partial charge on any atom is -0.506 e. The molecule has 4 rings (SSSR count). The maximum absolute atomic E-state index is 13.0. The fourth-order valence-electron chi connectivity index (χ4n) is 3.72. The number of carbonyl (C=O) groups is 1. The summed E-state index contributed by atoms with van der Waals surface area (Å²) in [5.41, 5.74) is 0.413. The standard InChI is InChI=1S/C26H24F3N5O5S/c1-40(37,38)33-22-14-20(8-10-23(22)35)32-25(36)18-5-9-21(17-3-6-19(7-4-17)26(27,28)29)24(13-18)39-12-2-11-34-16-30-15-31-34/h3-10,13-16,33,35H,2,11-12H2,1H3,(H,32,36). The number of anilines is 2. The Labute approximate surface area is 227 Å². The van der Waals surface area contributed by atoms with E-state index in [0.717, 1.165) is 18.4 Å². The number of aryl methyl sites for hydroxylation is 1. The van der Waals surface area contributed by atoms with Gasteiger partial charge in [0.05, 0.1) is 24.1 Å². The number of nitrogens with zero attached hydrogens (tertiary/aromatic N) is 3. The molecule has 14 heteroatoms. The van der Waals surface area contributed by atoms with Crippen LogP contribution in [0, 0.1) is 0 Å². The molecule has 0 aliphatic carbocycles. The topological polar surface area (TPSA) is 135 Å². The first-order valence-corrected chi connectivity index (χ1v) is 13.7. The van der Waals surface area contributed by atoms with Gasteiger partial charge in [0.1, 0.15) is 24.2 Å². The van der Waals surface area contributed by atoms with Crippen molar-refractivity contribution in [3.8, 4) is 22.6 Å². The summed E-state index contributed by atoms with van der Waals surface area (Å²) in [5.74, 6) is -0.621. The molecule has 0 fully saturated rings. The lowest BCUT2D eigenvalue weighted by molar-refractivity contribution is -0.137. The number of aromatic nitrogens is 3. The number of carbonyl (C=O) groups excluding carboxylic acids is 1. The van der Waals surface area contributed by atoms with Crippen LogP contribution in [0.1, 0.15) is 22.3 Å². The van der Waals surface area contributed by atoms with Crippen LogP contribution in [0.15, 0.2) is 73.3 Å². The van der Waals surface area contributed by atoms with E-state index in [1.165, 1.54) is 48.8 Å². The summed E-state index contributed by atoms with van der Waals surface area (Å²) in [4.78, 5) is 16.9. The van der Waals surface area contributed by atoms with E-state index in [0.29, 0.717) is 24.1 Å². The Morgan fingerprint density at radius 2 is 1.82 bits per heavy atom. The zero-order valence-corrected chi connectivity index (χ0v) is 21.8. The Morgan fingerprint density at radius 3 is 2.48 bits per heavy atom. The number of amides is 1. The minimum atomic E-state index is -4.48. The summed E-state index contributed by atoms with van der Waals surface area (Å²) >= 11 is 0. The number of rotatable bonds is 10. The smallest absolute Gasteiger partial charge is 0.416 e. The van der Waals surface area contributed by atoms with E-state index in [2.05, 4.69) is 20.1 Å². The third-order valence-electron chi connectivity index (χ3n) is 5.57. The molecule has 3 aromatic carbocycles. The molecule has 0 atom stereocenters. The highest BCUT2D eigenvalue weighted by Crippen LogP contribution is 2.35. The van der Waals surface area contributed by atoms with E-state index in [-0.39, 0.29) is 35.0 Å².